The molecule has 1 aromatic carbocycles. The number of methoxy groups -OCH3 is 3. The van der Waals surface area contributed by atoms with Crippen molar-refractivity contribution in [3.8, 4) is 11.5 Å². The Balaban J connectivity index is 1.79. The number of fused-ring (bicyclic) bond motifs is 1. The molecule has 0 aliphatic rings. The highest BCUT2D eigenvalue weighted by Gasteiger charge is 2.24. The molecule has 2 heterocycles. The van der Waals surface area contributed by atoms with E-state index in [1.165, 1.54) is 26.4 Å². The first-order valence-electron chi connectivity index (χ1n) is 11.2. The molecular formula is C22H29N7O6S. The molecule has 0 saturated heterocycles. The number of aromatic nitrogens is 4. The summed E-state index contributed by atoms with van der Waals surface area (Å²) >= 11 is 1.55. The highest BCUT2D eigenvalue weighted by atomic mass is 32.2. The minimum absolute atomic E-state index is 0.131. The summed E-state index contributed by atoms with van der Waals surface area (Å²) in [5.41, 5.74) is 0.106. The number of ether oxygens (including phenoxy) is 3. The molecule has 194 valence electrons. The zero-order valence-corrected chi connectivity index (χ0v) is 21.4. The Kier molecular flexibility index (Phi) is 9.64. The Labute approximate surface area is 212 Å². The summed E-state index contributed by atoms with van der Waals surface area (Å²) in [6.45, 7) is 3.63. The van der Waals surface area contributed by atoms with E-state index in [2.05, 4.69) is 32.6 Å². The number of hydrogen-bond acceptors (Lipinski definition) is 11. The standard InChI is InChI=1S/C22H29N7O6S/c1-5-10-36-22-26-19(23-7-9-33-2)15-13-25-28(20(15)27-22)8-6-24-21(30)14-11-17(34-3)18(35-4)12-16(14)29(31)32/h11-13H,5-10H2,1-4H3,(H,24,30)(H,23,26,27). The van der Waals surface area contributed by atoms with Gasteiger partial charge in [0, 0.05) is 32.0 Å². The second-order valence-corrected chi connectivity index (χ2v) is 8.53. The molecule has 0 aliphatic carbocycles. The van der Waals surface area contributed by atoms with E-state index in [0.717, 1.165) is 17.6 Å². The lowest BCUT2D eigenvalue weighted by molar-refractivity contribution is -0.385. The van der Waals surface area contributed by atoms with Crippen LogP contribution in [0.1, 0.15) is 23.7 Å². The van der Waals surface area contributed by atoms with Crippen LogP contribution >= 0.6 is 11.8 Å². The van der Waals surface area contributed by atoms with Gasteiger partial charge in [-0.05, 0) is 6.42 Å². The maximum absolute atomic E-state index is 12.8. The number of nitro benzene ring substituents is 1. The molecule has 0 atom stereocenters. The van der Waals surface area contributed by atoms with Crippen molar-refractivity contribution < 1.29 is 23.9 Å². The van der Waals surface area contributed by atoms with Gasteiger partial charge in [-0.1, -0.05) is 18.7 Å². The third-order valence-electron chi connectivity index (χ3n) is 5.06. The topological polar surface area (TPSA) is 156 Å². The predicted molar refractivity (Wildman–Crippen MR) is 135 cm³/mol. The van der Waals surface area contributed by atoms with Crippen molar-refractivity contribution in [2.24, 2.45) is 0 Å². The second kappa shape index (κ2) is 12.9. The van der Waals surface area contributed by atoms with Gasteiger partial charge < -0.3 is 24.8 Å². The van der Waals surface area contributed by atoms with Crippen molar-refractivity contribution in [3.05, 3.63) is 34.0 Å². The van der Waals surface area contributed by atoms with Crippen LogP contribution < -0.4 is 20.1 Å². The van der Waals surface area contributed by atoms with Gasteiger partial charge in [0.15, 0.2) is 22.3 Å². The number of carbonyl (C=O) groups excluding carboxylic acids is 1. The van der Waals surface area contributed by atoms with Crippen LogP contribution in [0.5, 0.6) is 11.5 Å². The third kappa shape index (κ3) is 6.31. The van der Waals surface area contributed by atoms with Gasteiger partial charge >= 0.3 is 0 Å². The van der Waals surface area contributed by atoms with E-state index in [4.69, 9.17) is 14.2 Å². The van der Waals surface area contributed by atoms with E-state index >= 15 is 0 Å². The number of rotatable bonds is 14. The van der Waals surface area contributed by atoms with Gasteiger partial charge in [0.2, 0.25) is 0 Å². The molecule has 0 saturated carbocycles. The highest BCUT2D eigenvalue weighted by molar-refractivity contribution is 7.99. The van der Waals surface area contributed by atoms with E-state index in [9.17, 15) is 14.9 Å². The van der Waals surface area contributed by atoms with Crippen molar-refractivity contribution in [2.75, 3.05) is 52.1 Å². The molecule has 3 rings (SSSR count). The summed E-state index contributed by atoms with van der Waals surface area (Å²) in [7, 11) is 4.38. The van der Waals surface area contributed by atoms with Crippen LogP contribution in [0.4, 0.5) is 11.5 Å². The minimum atomic E-state index is -0.636. The molecule has 0 bridgehead atoms. The Morgan fingerprint density at radius 3 is 2.58 bits per heavy atom. The first kappa shape index (κ1) is 26.9. The van der Waals surface area contributed by atoms with Crippen LogP contribution in [0, 0.1) is 10.1 Å². The first-order chi connectivity index (χ1) is 17.4. The lowest BCUT2D eigenvalue weighted by Crippen LogP contribution is -2.28. The fourth-order valence-corrected chi connectivity index (χ4v) is 4.03. The molecule has 0 unspecified atom stereocenters. The number of hydrogen-bond donors (Lipinski definition) is 2. The molecule has 0 radical (unpaired) electrons. The Morgan fingerprint density at radius 2 is 1.92 bits per heavy atom. The Bertz CT molecular complexity index is 1220. The molecule has 0 spiro atoms. The largest absolute Gasteiger partial charge is 0.493 e. The summed E-state index contributed by atoms with van der Waals surface area (Å²) in [4.78, 5) is 32.9. The molecule has 2 aromatic heterocycles. The lowest BCUT2D eigenvalue weighted by atomic mass is 10.1. The van der Waals surface area contributed by atoms with Crippen LogP contribution in [0.3, 0.4) is 0 Å². The van der Waals surface area contributed by atoms with Gasteiger partial charge in [-0.15, -0.1) is 0 Å². The molecular weight excluding hydrogens is 490 g/mol. The molecule has 0 aliphatic heterocycles. The third-order valence-corrected chi connectivity index (χ3v) is 6.12. The summed E-state index contributed by atoms with van der Waals surface area (Å²) in [6.07, 6.45) is 2.64. The lowest BCUT2D eigenvalue weighted by Gasteiger charge is -2.11. The van der Waals surface area contributed by atoms with Crippen molar-refractivity contribution >= 4 is 40.2 Å². The van der Waals surface area contributed by atoms with Crippen molar-refractivity contribution in [1.82, 2.24) is 25.1 Å². The molecule has 14 heteroatoms. The smallest absolute Gasteiger partial charge is 0.286 e. The summed E-state index contributed by atoms with van der Waals surface area (Å²) in [6, 6.07) is 2.46. The molecule has 0 fully saturated rings. The number of benzene rings is 1. The van der Waals surface area contributed by atoms with Crippen molar-refractivity contribution in [1.29, 1.82) is 0 Å². The Hall–Kier alpha value is -3.65. The van der Waals surface area contributed by atoms with E-state index in [1.54, 1.807) is 29.8 Å². The number of carbonyl (C=O) groups is 1. The fraction of sp³-hybridized carbons (Fsp3) is 0.455. The van der Waals surface area contributed by atoms with Gasteiger partial charge in [0.25, 0.3) is 11.6 Å². The van der Waals surface area contributed by atoms with Crippen LogP contribution in [0.25, 0.3) is 11.0 Å². The average molecular weight is 520 g/mol. The van der Waals surface area contributed by atoms with E-state index in [0.29, 0.717) is 36.3 Å². The van der Waals surface area contributed by atoms with E-state index in [1.807, 2.05) is 0 Å². The van der Waals surface area contributed by atoms with E-state index < -0.39 is 10.8 Å². The van der Waals surface area contributed by atoms with Crippen LogP contribution in [-0.4, -0.2) is 77.4 Å². The number of amides is 1. The van der Waals surface area contributed by atoms with Crippen molar-refractivity contribution in [3.63, 3.8) is 0 Å². The maximum Gasteiger partial charge on any atom is 0.286 e. The SMILES string of the molecule is CCCSc1nc(NCCOC)c2cnn(CCNC(=O)c3cc(OC)c(OC)cc3[N+](=O)[O-])c2n1. The number of nitrogens with zero attached hydrogens (tertiary/aromatic N) is 5. The molecule has 2 N–H and O–H groups in total. The van der Waals surface area contributed by atoms with Crippen LogP contribution in [0.2, 0.25) is 0 Å². The second-order valence-electron chi connectivity index (χ2n) is 7.47. The highest BCUT2D eigenvalue weighted by Crippen LogP contribution is 2.34. The van der Waals surface area contributed by atoms with Gasteiger partial charge in [0.1, 0.15) is 11.4 Å². The van der Waals surface area contributed by atoms with Crippen LogP contribution in [-0.2, 0) is 11.3 Å². The Morgan fingerprint density at radius 1 is 1.17 bits per heavy atom. The van der Waals surface area contributed by atoms with Crippen molar-refractivity contribution in [2.45, 2.75) is 25.0 Å². The number of thioether (sulfide) groups is 1. The van der Waals surface area contributed by atoms with Gasteiger partial charge in [0.05, 0.1) is 49.9 Å². The van der Waals surface area contributed by atoms with Gasteiger partial charge in [-0.3, -0.25) is 14.9 Å². The minimum Gasteiger partial charge on any atom is -0.493 e. The molecule has 3 aromatic rings. The molecule has 1 amide bonds. The zero-order chi connectivity index (χ0) is 26.1. The number of nitrogens with one attached hydrogen (secondary N) is 2. The molecule has 13 nitrogen and oxygen atoms in total. The quantitative estimate of drug-likeness (QED) is 0.106. The fourth-order valence-electron chi connectivity index (χ4n) is 3.33. The van der Waals surface area contributed by atoms with E-state index in [-0.39, 0.29) is 29.3 Å². The number of nitro groups is 1. The first-order valence-corrected chi connectivity index (χ1v) is 12.2. The van der Waals surface area contributed by atoms with Crippen LogP contribution in [0.15, 0.2) is 23.5 Å². The summed E-state index contributed by atoms with van der Waals surface area (Å²) in [5, 5.41) is 23.3. The molecule has 36 heavy (non-hydrogen) atoms. The average Bonchev–Trinajstić information content (AvgIpc) is 3.29. The predicted octanol–water partition coefficient (Wildman–Crippen LogP) is 2.74. The number of anilines is 1. The maximum atomic E-state index is 12.8. The normalized spacial score (nSPS) is 10.9. The summed E-state index contributed by atoms with van der Waals surface area (Å²) in [5.74, 6) is 1.29. The zero-order valence-electron chi connectivity index (χ0n) is 20.6. The monoisotopic (exact) mass is 519 g/mol. The summed E-state index contributed by atoms with van der Waals surface area (Å²) < 4.78 is 17.1. The van der Waals surface area contributed by atoms with Gasteiger partial charge in [-0.2, -0.15) is 5.10 Å². The van der Waals surface area contributed by atoms with Gasteiger partial charge in [-0.25, -0.2) is 14.6 Å².